The predicted molar refractivity (Wildman–Crippen MR) is 69.9 cm³/mol. The van der Waals surface area contributed by atoms with Gasteiger partial charge in [0.1, 0.15) is 5.01 Å². The minimum absolute atomic E-state index is 0.288. The van der Waals surface area contributed by atoms with E-state index in [0.29, 0.717) is 5.01 Å². The van der Waals surface area contributed by atoms with Crippen molar-refractivity contribution in [1.82, 2.24) is 21.0 Å². The third-order valence-electron chi connectivity index (χ3n) is 2.50. The predicted octanol–water partition coefficient (Wildman–Crippen LogP) is 0.818. The number of hydrazine groups is 1. The smallest absolute Gasteiger partial charge is 0.270 e. The van der Waals surface area contributed by atoms with Crippen LogP contribution in [0.2, 0.25) is 0 Å². The fourth-order valence-corrected chi connectivity index (χ4v) is 2.22. The van der Waals surface area contributed by atoms with Crippen LogP contribution in [0.15, 0.2) is 40.6 Å². The molecule has 1 saturated heterocycles. The van der Waals surface area contributed by atoms with E-state index in [4.69, 9.17) is 0 Å². The molecule has 1 fully saturated rings. The molecule has 0 unspecified atom stereocenters. The molecule has 2 N–H and O–H groups in total. The summed E-state index contributed by atoms with van der Waals surface area (Å²) in [6.07, 6.45) is 0. The highest BCUT2D eigenvalue weighted by Gasteiger charge is 2.33. The van der Waals surface area contributed by atoms with Gasteiger partial charge in [0, 0.05) is 5.56 Å². The lowest BCUT2D eigenvalue weighted by molar-refractivity contribution is -0.124. The molecule has 8 nitrogen and oxygen atoms in total. The Balaban J connectivity index is 1.78. The second kappa shape index (κ2) is 5.13. The summed E-state index contributed by atoms with van der Waals surface area (Å²) in [5.41, 5.74) is 5.24. The minimum Gasteiger partial charge on any atom is -0.270 e. The van der Waals surface area contributed by atoms with Gasteiger partial charge in [0.05, 0.1) is 0 Å². The van der Waals surface area contributed by atoms with Crippen molar-refractivity contribution in [1.29, 1.82) is 0 Å². The summed E-state index contributed by atoms with van der Waals surface area (Å²) in [4.78, 5) is 22.5. The Morgan fingerprint density at radius 3 is 2.45 bits per heavy atom. The number of benzene rings is 1. The first-order valence-electron chi connectivity index (χ1n) is 5.63. The molecule has 2 amide bonds. The van der Waals surface area contributed by atoms with Gasteiger partial charge in [-0.15, -0.1) is 15.3 Å². The zero-order valence-corrected chi connectivity index (χ0v) is 10.8. The van der Waals surface area contributed by atoms with Gasteiger partial charge >= 0.3 is 0 Å². The Morgan fingerprint density at radius 2 is 1.75 bits per heavy atom. The van der Waals surface area contributed by atoms with Gasteiger partial charge in [-0.25, -0.2) is 0 Å². The van der Waals surface area contributed by atoms with Crippen molar-refractivity contribution in [3.05, 3.63) is 30.3 Å². The zero-order chi connectivity index (χ0) is 13.9. The molecule has 3 rings (SSSR count). The molecular formula is C11H8N6O2S. The van der Waals surface area contributed by atoms with Crippen molar-refractivity contribution in [3.63, 3.8) is 0 Å². The molecule has 9 heteroatoms. The van der Waals surface area contributed by atoms with E-state index in [1.54, 1.807) is 0 Å². The van der Waals surface area contributed by atoms with Gasteiger partial charge in [-0.2, -0.15) is 5.11 Å². The second-order valence-corrected chi connectivity index (χ2v) is 4.81. The van der Waals surface area contributed by atoms with Crippen LogP contribution in [0.25, 0.3) is 10.6 Å². The summed E-state index contributed by atoms with van der Waals surface area (Å²) >= 11 is 1.23. The number of carbonyl (C=O) groups is 2. The van der Waals surface area contributed by atoms with Crippen molar-refractivity contribution in [3.8, 4) is 10.6 Å². The average Bonchev–Trinajstić information content (AvgIpc) is 3.06. The van der Waals surface area contributed by atoms with Crippen LogP contribution < -0.4 is 10.9 Å². The lowest BCUT2D eigenvalue weighted by Crippen LogP contribution is -2.28. The summed E-state index contributed by atoms with van der Waals surface area (Å²) < 4.78 is 0. The maximum Gasteiger partial charge on any atom is 0.274 e. The standard InChI is InChI=1S/C11H8N6O2S/c18-8-7(9(19)14-13-8)12-16-11-17-15-10(20-11)6-4-2-1-3-5-6/h1-5,7H,(H,13,18)(H,14,19)/b16-12+. The van der Waals surface area contributed by atoms with Crippen LogP contribution in [0.4, 0.5) is 5.13 Å². The number of hydrogen-bond donors (Lipinski definition) is 2. The second-order valence-electron chi connectivity index (χ2n) is 3.85. The van der Waals surface area contributed by atoms with E-state index >= 15 is 0 Å². The van der Waals surface area contributed by atoms with E-state index in [-0.39, 0.29) is 5.13 Å². The van der Waals surface area contributed by atoms with Crippen LogP contribution in [-0.4, -0.2) is 28.1 Å². The average molecular weight is 288 g/mol. The molecule has 100 valence electrons. The van der Waals surface area contributed by atoms with Crippen molar-refractivity contribution < 1.29 is 9.59 Å². The molecule has 1 aromatic carbocycles. The highest BCUT2D eigenvalue weighted by atomic mass is 32.1. The summed E-state index contributed by atoms with van der Waals surface area (Å²) in [6, 6.07) is 8.33. The zero-order valence-electron chi connectivity index (χ0n) is 9.98. The Bertz CT molecular complexity index is 667. The minimum atomic E-state index is -1.17. The van der Waals surface area contributed by atoms with Crippen LogP contribution in [-0.2, 0) is 9.59 Å². The highest BCUT2D eigenvalue weighted by Crippen LogP contribution is 2.28. The van der Waals surface area contributed by atoms with Gasteiger partial charge in [-0.05, 0) is 0 Å². The van der Waals surface area contributed by atoms with E-state index in [9.17, 15) is 9.59 Å². The third kappa shape index (κ3) is 2.38. The van der Waals surface area contributed by atoms with Crippen LogP contribution >= 0.6 is 11.3 Å². The highest BCUT2D eigenvalue weighted by molar-refractivity contribution is 7.18. The topological polar surface area (TPSA) is 109 Å². The monoisotopic (exact) mass is 288 g/mol. The van der Waals surface area contributed by atoms with Crippen molar-refractivity contribution in [2.45, 2.75) is 6.04 Å². The van der Waals surface area contributed by atoms with Crippen molar-refractivity contribution in [2.24, 2.45) is 10.2 Å². The summed E-state index contributed by atoms with van der Waals surface area (Å²) in [6.45, 7) is 0. The van der Waals surface area contributed by atoms with E-state index in [1.165, 1.54) is 11.3 Å². The fourth-order valence-electron chi connectivity index (χ4n) is 1.54. The van der Waals surface area contributed by atoms with Crippen LogP contribution in [0.3, 0.4) is 0 Å². The maximum absolute atomic E-state index is 11.3. The largest absolute Gasteiger partial charge is 0.274 e. The lowest BCUT2D eigenvalue weighted by Gasteiger charge is -1.92. The molecule has 1 aromatic heterocycles. The van der Waals surface area contributed by atoms with Crippen molar-refractivity contribution in [2.75, 3.05) is 0 Å². The van der Waals surface area contributed by atoms with Crippen LogP contribution in [0.1, 0.15) is 0 Å². The first kappa shape index (κ1) is 12.4. The van der Waals surface area contributed by atoms with Gasteiger partial charge in [0.25, 0.3) is 16.9 Å². The molecule has 0 aliphatic carbocycles. The first-order chi connectivity index (χ1) is 9.74. The number of azo groups is 1. The third-order valence-corrected chi connectivity index (χ3v) is 3.36. The number of nitrogens with zero attached hydrogens (tertiary/aromatic N) is 4. The molecule has 20 heavy (non-hydrogen) atoms. The molecular weight excluding hydrogens is 280 g/mol. The van der Waals surface area contributed by atoms with Gasteiger partial charge in [0.15, 0.2) is 0 Å². The molecule has 0 bridgehead atoms. The molecule has 2 heterocycles. The molecule has 1 aliphatic rings. The summed E-state index contributed by atoms with van der Waals surface area (Å²) in [5.74, 6) is -1.07. The van der Waals surface area contributed by atoms with E-state index in [1.807, 2.05) is 30.3 Å². The van der Waals surface area contributed by atoms with E-state index < -0.39 is 17.9 Å². The summed E-state index contributed by atoms with van der Waals surface area (Å²) in [5, 5.41) is 16.3. The Kier molecular flexibility index (Phi) is 3.17. The maximum atomic E-state index is 11.3. The van der Waals surface area contributed by atoms with Gasteiger partial charge < -0.3 is 0 Å². The number of aromatic nitrogens is 2. The molecule has 0 spiro atoms. The normalized spacial score (nSPS) is 15.6. The molecule has 0 saturated carbocycles. The lowest BCUT2D eigenvalue weighted by atomic mass is 10.2. The Labute approximate surface area is 116 Å². The fraction of sp³-hybridized carbons (Fsp3) is 0.0909. The number of amides is 2. The molecule has 0 atom stereocenters. The van der Waals surface area contributed by atoms with Crippen LogP contribution in [0.5, 0.6) is 0 Å². The molecule has 0 radical (unpaired) electrons. The van der Waals surface area contributed by atoms with E-state index in [0.717, 1.165) is 5.56 Å². The number of nitrogens with one attached hydrogen (secondary N) is 2. The Hall–Kier alpha value is -2.68. The van der Waals surface area contributed by atoms with Crippen molar-refractivity contribution >= 4 is 28.3 Å². The van der Waals surface area contributed by atoms with Gasteiger partial charge in [0.2, 0.25) is 6.04 Å². The number of hydrogen-bond acceptors (Lipinski definition) is 7. The van der Waals surface area contributed by atoms with Gasteiger partial charge in [-0.1, -0.05) is 41.7 Å². The quantitative estimate of drug-likeness (QED) is 0.643. The summed E-state index contributed by atoms with van der Waals surface area (Å²) in [7, 11) is 0. The Morgan fingerprint density at radius 1 is 1.05 bits per heavy atom. The first-order valence-corrected chi connectivity index (χ1v) is 6.45. The number of rotatable bonds is 3. The SMILES string of the molecule is O=C1NNC(=O)C1/N=N/c1nnc(-c2ccccc2)s1. The van der Waals surface area contributed by atoms with E-state index in [2.05, 4.69) is 31.3 Å². The molecule has 2 aromatic rings. The molecule has 1 aliphatic heterocycles. The van der Waals surface area contributed by atoms with Gasteiger partial charge in [-0.3, -0.25) is 20.4 Å². The number of carbonyl (C=O) groups excluding carboxylic acids is 2. The van der Waals surface area contributed by atoms with Crippen LogP contribution in [0, 0.1) is 0 Å².